The van der Waals surface area contributed by atoms with E-state index in [1.54, 1.807) is 0 Å². The SMILES string of the molecule is C=N.COC(=O)Cc1ccc(C)cc1. The van der Waals surface area contributed by atoms with E-state index in [9.17, 15) is 4.79 Å². The van der Waals surface area contributed by atoms with E-state index in [2.05, 4.69) is 11.5 Å². The molecule has 0 bridgehead atoms. The van der Waals surface area contributed by atoms with Crippen molar-refractivity contribution in [2.45, 2.75) is 13.3 Å². The number of aryl methyl sites for hydroxylation is 1. The zero-order valence-corrected chi connectivity index (χ0v) is 8.54. The van der Waals surface area contributed by atoms with Crippen LogP contribution < -0.4 is 0 Å². The van der Waals surface area contributed by atoms with Gasteiger partial charge in [0.25, 0.3) is 0 Å². The van der Waals surface area contributed by atoms with Gasteiger partial charge in [0, 0.05) is 0 Å². The van der Waals surface area contributed by atoms with Crippen LogP contribution in [0.1, 0.15) is 11.1 Å². The molecule has 0 aliphatic heterocycles. The van der Waals surface area contributed by atoms with Gasteiger partial charge < -0.3 is 10.1 Å². The highest BCUT2D eigenvalue weighted by molar-refractivity contribution is 5.72. The molecular formula is C11H15NO2. The average Bonchev–Trinajstić information content (AvgIpc) is 2.24. The molecule has 0 fully saturated rings. The second kappa shape index (κ2) is 6.83. The zero-order valence-electron chi connectivity index (χ0n) is 8.54. The summed E-state index contributed by atoms with van der Waals surface area (Å²) in [6, 6.07) is 7.84. The van der Waals surface area contributed by atoms with E-state index >= 15 is 0 Å². The lowest BCUT2D eigenvalue weighted by Crippen LogP contribution is -2.03. The minimum Gasteiger partial charge on any atom is -0.469 e. The van der Waals surface area contributed by atoms with Crippen LogP contribution in [0.2, 0.25) is 0 Å². The van der Waals surface area contributed by atoms with Gasteiger partial charge in [0.15, 0.2) is 0 Å². The molecule has 14 heavy (non-hydrogen) atoms. The summed E-state index contributed by atoms with van der Waals surface area (Å²) in [5.74, 6) is -0.196. The van der Waals surface area contributed by atoms with Crippen molar-refractivity contribution in [1.82, 2.24) is 0 Å². The molecule has 3 heteroatoms. The van der Waals surface area contributed by atoms with Gasteiger partial charge in [0.1, 0.15) is 0 Å². The maximum atomic E-state index is 10.8. The maximum absolute atomic E-state index is 10.8. The Morgan fingerprint density at radius 3 is 2.29 bits per heavy atom. The lowest BCUT2D eigenvalue weighted by Gasteiger charge is -1.99. The van der Waals surface area contributed by atoms with Crippen molar-refractivity contribution >= 4 is 12.7 Å². The fourth-order valence-corrected chi connectivity index (χ4v) is 0.945. The number of benzene rings is 1. The fourth-order valence-electron chi connectivity index (χ4n) is 0.945. The van der Waals surface area contributed by atoms with E-state index in [4.69, 9.17) is 5.41 Å². The van der Waals surface area contributed by atoms with Crippen LogP contribution in [0.4, 0.5) is 0 Å². The number of nitrogens with one attached hydrogen (secondary N) is 1. The first kappa shape index (κ1) is 12.4. The van der Waals surface area contributed by atoms with Gasteiger partial charge in [0.05, 0.1) is 13.5 Å². The Bertz CT molecular complexity index is 280. The van der Waals surface area contributed by atoms with Crippen LogP contribution in [0.5, 0.6) is 0 Å². The number of methoxy groups -OCH3 is 1. The van der Waals surface area contributed by atoms with E-state index in [1.807, 2.05) is 31.2 Å². The standard InChI is InChI=1S/C10H12O2.CH3N/c1-8-3-5-9(6-4-8)7-10(11)12-2;1-2/h3-6H,7H2,1-2H3;2H,1H2. The summed E-state index contributed by atoms with van der Waals surface area (Å²) in [5.41, 5.74) is 2.19. The highest BCUT2D eigenvalue weighted by Crippen LogP contribution is 2.04. The number of hydrogen-bond donors (Lipinski definition) is 1. The molecule has 0 saturated heterocycles. The smallest absolute Gasteiger partial charge is 0.309 e. The number of carbonyl (C=O) groups is 1. The summed E-state index contributed by atoms with van der Waals surface area (Å²) in [6.07, 6.45) is 0.358. The first-order chi connectivity index (χ1) is 6.72. The molecule has 0 radical (unpaired) electrons. The third-order valence-corrected chi connectivity index (χ3v) is 1.70. The zero-order chi connectivity index (χ0) is 11.0. The largest absolute Gasteiger partial charge is 0.469 e. The fraction of sp³-hybridized carbons (Fsp3) is 0.273. The molecule has 1 aromatic carbocycles. The van der Waals surface area contributed by atoms with E-state index in [0.717, 1.165) is 5.56 Å². The summed E-state index contributed by atoms with van der Waals surface area (Å²) >= 11 is 0. The van der Waals surface area contributed by atoms with Gasteiger partial charge in [-0.2, -0.15) is 0 Å². The van der Waals surface area contributed by atoms with E-state index in [1.165, 1.54) is 12.7 Å². The van der Waals surface area contributed by atoms with Crippen LogP contribution in [-0.4, -0.2) is 19.8 Å². The van der Waals surface area contributed by atoms with Crippen LogP contribution >= 0.6 is 0 Å². The van der Waals surface area contributed by atoms with Gasteiger partial charge in [-0.25, -0.2) is 0 Å². The van der Waals surface area contributed by atoms with Crippen molar-refractivity contribution in [3.8, 4) is 0 Å². The van der Waals surface area contributed by atoms with Crippen LogP contribution in [0.25, 0.3) is 0 Å². The van der Waals surface area contributed by atoms with Gasteiger partial charge in [-0.3, -0.25) is 4.79 Å². The number of carbonyl (C=O) groups excluding carboxylic acids is 1. The Balaban J connectivity index is 0.000000791. The van der Waals surface area contributed by atoms with Crippen LogP contribution in [0.3, 0.4) is 0 Å². The van der Waals surface area contributed by atoms with E-state index in [0.29, 0.717) is 6.42 Å². The van der Waals surface area contributed by atoms with Crippen molar-refractivity contribution in [2.24, 2.45) is 0 Å². The normalized spacial score (nSPS) is 8.43. The molecule has 76 valence electrons. The molecule has 3 nitrogen and oxygen atoms in total. The van der Waals surface area contributed by atoms with Gasteiger partial charge >= 0.3 is 5.97 Å². The molecule has 1 rings (SSSR count). The average molecular weight is 193 g/mol. The molecule has 0 heterocycles. The Kier molecular flexibility index (Phi) is 6.03. The van der Waals surface area contributed by atoms with Crippen molar-refractivity contribution in [3.63, 3.8) is 0 Å². The summed E-state index contributed by atoms with van der Waals surface area (Å²) < 4.78 is 4.55. The molecule has 0 unspecified atom stereocenters. The second-order valence-electron chi connectivity index (χ2n) is 2.74. The van der Waals surface area contributed by atoms with E-state index < -0.39 is 0 Å². The highest BCUT2D eigenvalue weighted by Gasteiger charge is 2.00. The summed E-state index contributed by atoms with van der Waals surface area (Å²) in [4.78, 5) is 10.8. The minimum atomic E-state index is -0.196. The first-order valence-electron chi connectivity index (χ1n) is 4.20. The van der Waals surface area contributed by atoms with Crippen molar-refractivity contribution in [3.05, 3.63) is 35.4 Å². The Morgan fingerprint density at radius 1 is 1.36 bits per heavy atom. The van der Waals surface area contributed by atoms with Gasteiger partial charge in [-0.15, -0.1) is 0 Å². The number of esters is 1. The van der Waals surface area contributed by atoms with Gasteiger partial charge in [-0.1, -0.05) is 29.8 Å². The maximum Gasteiger partial charge on any atom is 0.309 e. The lowest BCUT2D eigenvalue weighted by atomic mass is 10.1. The molecule has 1 aromatic rings. The topological polar surface area (TPSA) is 50.1 Å². The molecule has 0 amide bonds. The monoisotopic (exact) mass is 193 g/mol. The molecule has 1 N–H and O–H groups in total. The van der Waals surface area contributed by atoms with Gasteiger partial charge in [-0.05, 0) is 19.2 Å². The van der Waals surface area contributed by atoms with E-state index in [-0.39, 0.29) is 5.97 Å². The number of ether oxygens (including phenoxy) is 1. The molecule has 0 atom stereocenters. The molecule has 0 aliphatic carbocycles. The summed E-state index contributed by atoms with van der Waals surface area (Å²) in [5, 5.41) is 5.50. The Morgan fingerprint density at radius 2 is 1.86 bits per heavy atom. The third-order valence-electron chi connectivity index (χ3n) is 1.70. The van der Waals surface area contributed by atoms with Crippen LogP contribution in [0, 0.1) is 12.3 Å². The van der Waals surface area contributed by atoms with Crippen molar-refractivity contribution in [1.29, 1.82) is 5.41 Å². The minimum absolute atomic E-state index is 0.196. The highest BCUT2D eigenvalue weighted by atomic mass is 16.5. The predicted octanol–water partition coefficient (Wildman–Crippen LogP) is 1.98. The summed E-state index contributed by atoms with van der Waals surface area (Å²) in [6.45, 7) is 4.52. The quantitative estimate of drug-likeness (QED) is 0.576. The van der Waals surface area contributed by atoms with Gasteiger partial charge in [0.2, 0.25) is 0 Å². The Hall–Kier alpha value is -1.64. The first-order valence-corrected chi connectivity index (χ1v) is 4.20. The molecule has 0 aromatic heterocycles. The number of hydrogen-bond acceptors (Lipinski definition) is 3. The number of rotatable bonds is 2. The molecule has 0 aliphatic rings. The predicted molar refractivity (Wildman–Crippen MR) is 56.7 cm³/mol. The molecule has 0 spiro atoms. The molecular weight excluding hydrogens is 178 g/mol. The van der Waals surface area contributed by atoms with Crippen molar-refractivity contribution < 1.29 is 9.53 Å². The Labute approximate surface area is 84.2 Å². The second-order valence-corrected chi connectivity index (χ2v) is 2.74. The third kappa shape index (κ3) is 4.40. The lowest BCUT2D eigenvalue weighted by molar-refractivity contribution is -0.139. The van der Waals surface area contributed by atoms with Crippen LogP contribution in [0.15, 0.2) is 24.3 Å². The van der Waals surface area contributed by atoms with Crippen molar-refractivity contribution in [2.75, 3.05) is 7.11 Å². The van der Waals surface area contributed by atoms with Crippen LogP contribution in [-0.2, 0) is 16.0 Å². The summed E-state index contributed by atoms with van der Waals surface area (Å²) in [7, 11) is 1.40. The molecule has 0 saturated carbocycles.